The molecule has 4 heteroatoms. The SMILES string of the molecule is C/C=C(\C=C(/NC(C)=NCC)c1cccc(C)c1)N(C)CCc1ccncc1. The Morgan fingerprint density at radius 3 is 2.61 bits per heavy atom. The van der Waals surface area contributed by atoms with Crippen molar-refractivity contribution in [2.75, 3.05) is 20.1 Å². The Hall–Kier alpha value is -2.88. The quantitative estimate of drug-likeness (QED) is 0.407. The van der Waals surface area contributed by atoms with Crippen molar-refractivity contribution in [2.24, 2.45) is 4.99 Å². The topological polar surface area (TPSA) is 40.5 Å². The zero-order valence-corrected chi connectivity index (χ0v) is 17.7. The average molecular weight is 377 g/mol. The molecule has 4 nitrogen and oxygen atoms in total. The molecule has 1 N–H and O–H groups in total. The third-order valence-electron chi connectivity index (χ3n) is 4.55. The van der Waals surface area contributed by atoms with E-state index in [9.17, 15) is 0 Å². The summed E-state index contributed by atoms with van der Waals surface area (Å²) >= 11 is 0. The molecule has 0 bridgehead atoms. The molecule has 0 amide bonds. The van der Waals surface area contributed by atoms with Crippen LogP contribution in [-0.2, 0) is 6.42 Å². The van der Waals surface area contributed by atoms with E-state index in [4.69, 9.17) is 0 Å². The van der Waals surface area contributed by atoms with Crippen LogP contribution in [-0.4, -0.2) is 35.9 Å². The van der Waals surface area contributed by atoms with Crippen LogP contribution in [0.1, 0.15) is 37.5 Å². The number of benzene rings is 1. The molecule has 0 radical (unpaired) electrons. The van der Waals surface area contributed by atoms with Crippen LogP contribution in [0.2, 0.25) is 0 Å². The van der Waals surface area contributed by atoms with Gasteiger partial charge in [0, 0.05) is 43.9 Å². The van der Waals surface area contributed by atoms with Gasteiger partial charge in [0.15, 0.2) is 0 Å². The summed E-state index contributed by atoms with van der Waals surface area (Å²) in [4.78, 5) is 10.9. The molecular formula is C24H32N4. The smallest absolute Gasteiger partial charge is 0.0975 e. The molecule has 0 aliphatic carbocycles. The second-order valence-electron chi connectivity index (χ2n) is 6.85. The number of hydrogen-bond acceptors (Lipinski definition) is 3. The van der Waals surface area contributed by atoms with Gasteiger partial charge in [0.2, 0.25) is 0 Å². The van der Waals surface area contributed by atoms with Gasteiger partial charge in [-0.2, -0.15) is 0 Å². The van der Waals surface area contributed by atoms with E-state index >= 15 is 0 Å². The maximum atomic E-state index is 4.49. The molecule has 0 unspecified atom stereocenters. The van der Waals surface area contributed by atoms with E-state index in [0.717, 1.165) is 36.6 Å². The third-order valence-corrected chi connectivity index (χ3v) is 4.55. The van der Waals surface area contributed by atoms with Crippen molar-refractivity contribution in [3.63, 3.8) is 0 Å². The largest absolute Gasteiger partial charge is 0.374 e. The molecule has 1 aromatic heterocycles. The van der Waals surface area contributed by atoms with Crippen LogP contribution < -0.4 is 5.32 Å². The first-order valence-corrected chi connectivity index (χ1v) is 9.86. The molecule has 28 heavy (non-hydrogen) atoms. The van der Waals surface area contributed by atoms with Crippen LogP contribution in [0.25, 0.3) is 5.70 Å². The minimum Gasteiger partial charge on any atom is -0.374 e. The lowest BCUT2D eigenvalue weighted by molar-refractivity contribution is 0.434. The molecule has 0 atom stereocenters. The first-order chi connectivity index (χ1) is 13.5. The molecular weight excluding hydrogens is 344 g/mol. The molecule has 0 spiro atoms. The zero-order chi connectivity index (χ0) is 20.4. The van der Waals surface area contributed by atoms with Crippen molar-refractivity contribution in [3.8, 4) is 0 Å². The van der Waals surface area contributed by atoms with Crippen molar-refractivity contribution in [1.82, 2.24) is 15.2 Å². The third kappa shape index (κ3) is 6.69. The van der Waals surface area contributed by atoms with Crippen molar-refractivity contribution >= 4 is 11.5 Å². The number of aromatic nitrogens is 1. The van der Waals surface area contributed by atoms with Crippen LogP contribution in [0.5, 0.6) is 0 Å². The van der Waals surface area contributed by atoms with E-state index in [0.29, 0.717) is 0 Å². The first-order valence-electron chi connectivity index (χ1n) is 9.86. The highest BCUT2D eigenvalue weighted by Crippen LogP contribution is 2.18. The highest BCUT2D eigenvalue weighted by molar-refractivity contribution is 5.89. The number of nitrogens with one attached hydrogen (secondary N) is 1. The Labute approximate surface area is 169 Å². The van der Waals surface area contributed by atoms with Gasteiger partial charge in [-0.15, -0.1) is 0 Å². The van der Waals surface area contributed by atoms with Crippen molar-refractivity contribution in [3.05, 3.63) is 83.3 Å². The number of amidine groups is 1. The normalized spacial score (nSPS) is 12.8. The summed E-state index contributed by atoms with van der Waals surface area (Å²) in [5.41, 5.74) is 5.92. The summed E-state index contributed by atoms with van der Waals surface area (Å²) in [6, 6.07) is 12.7. The number of allylic oxidation sites excluding steroid dienone is 2. The number of aliphatic imine (C=N–C) groups is 1. The molecule has 0 aliphatic rings. The number of aryl methyl sites for hydroxylation is 1. The van der Waals surface area contributed by atoms with Crippen LogP contribution in [0.3, 0.4) is 0 Å². The molecule has 0 fully saturated rings. The van der Waals surface area contributed by atoms with E-state index in [-0.39, 0.29) is 0 Å². The summed E-state index contributed by atoms with van der Waals surface area (Å²) in [5, 5.41) is 3.49. The zero-order valence-electron chi connectivity index (χ0n) is 17.7. The van der Waals surface area contributed by atoms with E-state index in [1.807, 2.05) is 26.2 Å². The van der Waals surface area contributed by atoms with E-state index in [1.165, 1.54) is 16.8 Å². The standard InChI is InChI=1S/C24H32N4/c1-6-23(28(5)16-13-21-11-14-25-15-12-21)18-24(27-20(4)26-7-2)22-10-8-9-19(3)17-22/h6,8-12,14-15,17-18H,7,13,16H2,1-5H3,(H,26,27)/b23-6+,24-18-. The first kappa shape index (κ1) is 21.4. The summed E-state index contributed by atoms with van der Waals surface area (Å²) in [6.07, 6.45) is 9.03. The predicted molar refractivity (Wildman–Crippen MR) is 120 cm³/mol. The van der Waals surface area contributed by atoms with Crippen molar-refractivity contribution in [2.45, 2.75) is 34.1 Å². The maximum Gasteiger partial charge on any atom is 0.0975 e. The fraction of sp³-hybridized carbons (Fsp3) is 0.333. The number of rotatable bonds is 8. The van der Waals surface area contributed by atoms with Gasteiger partial charge in [0.1, 0.15) is 0 Å². The highest BCUT2D eigenvalue weighted by atomic mass is 15.1. The van der Waals surface area contributed by atoms with Crippen molar-refractivity contribution in [1.29, 1.82) is 0 Å². The molecule has 0 saturated heterocycles. The number of pyridine rings is 1. The van der Waals surface area contributed by atoms with Crippen LogP contribution in [0.15, 0.2) is 71.6 Å². The maximum absolute atomic E-state index is 4.49. The highest BCUT2D eigenvalue weighted by Gasteiger charge is 2.08. The lowest BCUT2D eigenvalue weighted by Gasteiger charge is -2.22. The molecule has 148 valence electrons. The van der Waals surface area contributed by atoms with Gasteiger partial charge in [-0.1, -0.05) is 29.8 Å². The molecule has 2 rings (SSSR count). The Morgan fingerprint density at radius 2 is 1.96 bits per heavy atom. The minimum absolute atomic E-state index is 0.766. The van der Waals surface area contributed by atoms with Gasteiger partial charge < -0.3 is 10.2 Å². The molecule has 2 aromatic rings. The van der Waals surface area contributed by atoms with Gasteiger partial charge in [-0.3, -0.25) is 9.98 Å². The van der Waals surface area contributed by atoms with Crippen molar-refractivity contribution < 1.29 is 0 Å². The number of hydrogen-bond donors (Lipinski definition) is 1. The summed E-state index contributed by atoms with van der Waals surface area (Å²) < 4.78 is 0. The molecule has 1 heterocycles. The van der Waals surface area contributed by atoms with Crippen LogP contribution in [0.4, 0.5) is 0 Å². The average Bonchev–Trinajstić information content (AvgIpc) is 2.70. The van der Waals surface area contributed by atoms with Gasteiger partial charge in [0.05, 0.1) is 5.84 Å². The fourth-order valence-corrected chi connectivity index (χ4v) is 3.01. The lowest BCUT2D eigenvalue weighted by Crippen LogP contribution is -2.23. The summed E-state index contributed by atoms with van der Waals surface area (Å²) in [6.45, 7) is 9.95. The second-order valence-corrected chi connectivity index (χ2v) is 6.85. The monoisotopic (exact) mass is 376 g/mol. The molecule has 0 aliphatic heterocycles. The molecule has 1 aromatic carbocycles. The number of likely N-dealkylation sites (N-methyl/N-ethyl adjacent to an activating group) is 1. The van der Waals surface area contributed by atoms with Crippen LogP contribution in [0, 0.1) is 6.92 Å². The van der Waals surface area contributed by atoms with Gasteiger partial charge in [-0.05, 0) is 69.5 Å². The van der Waals surface area contributed by atoms with Crippen LogP contribution >= 0.6 is 0 Å². The summed E-state index contributed by atoms with van der Waals surface area (Å²) in [7, 11) is 2.13. The Balaban J connectivity index is 2.24. The Bertz CT molecular complexity index is 835. The van der Waals surface area contributed by atoms with Gasteiger partial charge in [0.25, 0.3) is 0 Å². The lowest BCUT2D eigenvalue weighted by atomic mass is 10.1. The van der Waals surface area contributed by atoms with E-state index in [1.54, 1.807) is 0 Å². The van der Waals surface area contributed by atoms with Gasteiger partial charge in [-0.25, -0.2) is 0 Å². The van der Waals surface area contributed by atoms with Gasteiger partial charge >= 0.3 is 0 Å². The molecule has 0 saturated carbocycles. The predicted octanol–water partition coefficient (Wildman–Crippen LogP) is 4.84. The van der Waals surface area contributed by atoms with E-state index < -0.39 is 0 Å². The second kappa shape index (κ2) is 11.1. The van der Waals surface area contributed by atoms with E-state index in [2.05, 4.69) is 89.6 Å². The Kier molecular flexibility index (Phi) is 8.47. The minimum atomic E-state index is 0.766. The number of nitrogens with zero attached hydrogens (tertiary/aromatic N) is 3. The fourth-order valence-electron chi connectivity index (χ4n) is 3.01. The summed E-state index contributed by atoms with van der Waals surface area (Å²) in [5.74, 6) is 0.921. The Morgan fingerprint density at radius 1 is 1.21 bits per heavy atom.